The Hall–Kier alpha value is -2.60. The van der Waals surface area contributed by atoms with Gasteiger partial charge in [-0.1, -0.05) is 41.6 Å². The summed E-state index contributed by atoms with van der Waals surface area (Å²) in [5.41, 5.74) is 2.82. The summed E-state index contributed by atoms with van der Waals surface area (Å²) >= 11 is 1.35. The van der Waals surface area contributed by atoms with E-state index >= 15 is 0 Å². The summed E-state index contributed by atoms with van der Waals surface area (Å²) in [6.07, 6.45) is 0. The van der Waals surface area contributed by atoms with Crippen LogP contribution < -0.4 is 4.74 Å². The Bertz CT molecular complexity index is 873. The van der Waals surface area contributed by atoms with Crippen molar-refractivity contribution in [3.8, 4) is 17.1 Å². The van der Waals surface area contributed by atoms with E-state index in [1.165, 1.54) is 17.3 Å². The number of ketones is 1. The first-order valence-electron chi connectivity index (χ1n) is 8.50. The van der Waals surface area contributed by atoms with Gasteiger partial charge in [0.15, 0.2) is 11.6 Å². The number of benzene rings is 2. The third kappa shape index (κ3) is 4.32. The van der Waals surface area contributed by atoms with Crippen molar-refractivity contribution in [1.29, 1.82) is 0 Å². The number of rotatable bonds is 7. The van der Waals surface area contributed by atoms with Gasteiger partial charge in [-0.2, -0.15) is 0 Å². The number of H-pyrrole nitrogens is 1. The van der Waals surface area contributed by atoms with Crippen molar-refractivity contribution < 1.29 is 9.53 Å². The quantitative estimate of drug-likeness (QED) is 0.490. The number of aromatic nitrogens is 3. The first kappa shape index (κ1) is 18.2. The molecule has 134 valence electrons. The van der Waals surface area contributed by atoms with Crippen LogP contribution in [-0.2, 0) is 0 Å². The SMILES string of the molecule is CCOc1ccc(C(=O)[C@@H](C)Sc2n[nH]c(-c3ccc(C)cc3)n2)cc1. The van der Waals surface area contributed by atoms with Gasteiger partial charge in [-0.15, -0.1) is 5.10 Å². The number of carbonyl (C=O) groups is 1. The smallest absolute Gasteiger partial charge is 0.209 e. The maximum Gasteiger partial charge on any atom is 0.209 e. The van der Waals surface area contributed by atoms with Gasteiger partial charge in [0.05, 0.1) is 11.9 Å². The average molecular weight is 367 g/mol. The Morgan fingerprint density at radius 2 is 1.85 bits per heavy atom. The van der Waals surface area contributed by atoms with E-state index < -0.39 is 0 Å². The highest BCUT2D eigenvalue weighted by atomic mass is 32.2. The Labute approximate surface area is 157 Å². The summed E-state index contributed by atoms with van der Waals surface area (Å²) in [7, 11) is 0. The van der Waals surface area contributed by atoms with Gasteiger partial charge in [0.2, 0.25) is 5.16 Å². The van der Waals surface area contributed by atoms with E-state index in [0.717, 1.165) is 11.3 Å². The number of Topliss-reactive ketones (excluding diaryl/α,β-unsaturated/α-hetero) is 1. The number of nitrogens with zero attached hydrogens (tertiary/aromatic N) is 2. The second-order valence-corrected chi connectivity index (χ2v) is 7.22. The number of aromatic amines is 1. The topological polar surface area (TPSA) is 67.9 Å². The van der Waals surface area contributed by atoms with Crippen LogP contribution in [0, 0.1) is 6.92 Å². The molecule has 0 fully saturated rings. The summed E-state index contributed by atoms with van der Waals surface area (Å²) in [4.78, 5) is 17.1. The molecule has 1 heterocycles. The van der Waals surface area contributed by atoms with Crippen molar-refractivity contribution in [2.75, 3.05) is 6.61 Å². The van der Waals surface area contributed by atoms with Gasteiger partial charge in [0.25, 0.3) is 0 Å². The second kappa shape index (κ2) is 8.19. The minimum absolute atomic E-state index is 0.0414. The van der Waals surface area contributed by atoms with Crippen molar-refractivity contribution in [2.45, 2.75) is 31.2 Å². The molecule has 1 aromatic heterocycles. The summed E-state index contributed by atoms with van der Waals surface area (Å²) < 4.78 is 5.41. The molecule has 0 radical (unpaired) electrons. The van der Waals surface area contributed by atoms with Crippen LogP contribution in [0.1, 0.15) is 29.8 Å². The molecule has 6 heteroatoms. The van der Waals surface area contributed by atoms with Crippen LogP contribution >= 0.6 is 11.8 Å². The first-order valence-corrected chi connectivity index (χ1v) is 9.38. The van der Waals surface area contributed by atoms with E-state index in [9.17, 15) is 4.79 Å². The normalized spacial score (nSPS) is 12.0. The Kier molecular flexibility index (Phi) is 5.73. The van der Waals surface area contributed by atoms with Crippen molar-refractivity contribution in [2.24, 2.45) is 0 Å². The molecule has 0 spiro atoms. The highest BCUT2D eigenvalue weighted by Crippen LogP contribution is 2.25. The van der Waals surface area contributed by atoms with E-state index in [-0.39, 0.29) is 11.0 Å². The standard InChI is InChI=1S/C20H21N3O2S/c1-4-25-17-11-9-15(10-12-17)18(24)14(3)26-20-21-19(22-23-20)16-7-5-13(2)6-8-16/h5-12,14H,4H2,1-3H3,(H,21,22,23)/t14-/m1/s1. The summed E-state index contributed by atoms with van der Waals surface area (Å²) in [6.45, 7) is 6.44. The average Bonchev–Trinajstić information content (AvgIpc) is 3.11. The number of thioether (sulfide) groups is 1. The molecule has 26 heavy (non-hydrogen) atoms. The van der Waals surface area contributed by atoms with Crippen LogP contribution in [0.15, 0.2) is 53.7 Å². The van der Waals surface area contributed by atoms with Gasteiger partial charge in [0.1, 0.15) is 5.75 Å². The van der Waals surface area contributed by atoms with E-state index in [4.69, 9.17) is 4.74 Å². The number of carbonyl (C=O) groups excluding carboxylic acids is 1. The van der Waals surface area contributed by atoms with Gasteiger partial charge < -0.3 is 4.74 Å². The van der Waals surface area contributed by atoms with Crippen molar-refractivity contribution in [1.82, 2.24) is 15.2 Å². The molecule has 0 saturated carbocycles. The van der Waals surface area contributed by atoms with E-state index in [2.05, 4.69) is 15.2 Å². The second-order valence-electron chi connectivity index (χ2n) is 5.91. The molecule has 0 bridgehead atoms. The molecule has 2 aromatic carbocycles. The largest absolute Gasteiger partial charge is 0.494 e. The molecule has 0 amide bonds. The van der Waals surface area contributed by atoms with Gasteiger partial charge >= 0.3 is 0 Å². The van der Waals surface area contributed by atoms with Crippen LogP contribution in [0.25, 0.3) is 11.4 Å². The fraction of sp³-hybridized carbons (Fsp3) is 0.250. The third-order valence-corrected chi connectivity index (χ3v) is 4.85. The Morgan fingerprint density at radius 3 is 2.50 bits per heavy atom. The first-order chi connectivity index (χ1) is 12.6. The van der Waals surface area contributed by atoms with Crippen LogP contribution in [-0.4, -0.2) is 32.8 Å². The molecule has 1 atom stereocenters. The third-order valence-electron chi connectivity index (χ3n) is 3.89. The van der Waals surface area contributed by atoms with E-state index in [1.807, 2.05) is 57.2 Å². The fourth-order valence-electron chi connectivity index (χ4n) is 2.47. The lowest BCUT2D eigenvalue weighted by atomic mass is 10.1. The molecular formula is C20H21N3O2S. The van der Waals surface area contributed by atoms with Crippen molar-refractivity contribution in [3.05, 3.63) is 59.7 Å². The zero-order chi connectivity index (χ0) is 18.5. The van der Waals surface area contributed by atoms with Crippen molar-refractivity contribution in [3.63, 3.8) is 0 Å². The van der Waals surface area contributed by atoms with Crippen molar-refractivity contribution >= 4 is 17.5 Å². The fourth-order valence-corrected chi connectivity index (χ4v) is 3.27. The minimum Gasteiger partial charge on any atom is -0.494 e. The number of hydrogen-bond acceptors (Lipinski definition) is 5. The van der Waals surface area contributed by atoms with E-state index in [0.29, 0.717) is 23.2 Å². The van der Waals surface area contributed by atoms with Crippen LogP contribution in [0.4, 0.5) is 0 Å². The zero-order valence-electron chi connectivity index (χ0n) is 15.0. The lowest BCUT2D eigenvalue weighted by Crippen LogP contribution is -2.13. The molecular weight excluding hydrogens is 346 g/mol. The maximum absolute atomic E-state index is 12.6. The molecule has 3 aromatic rings. The van der Waals surface area contributed by atoms with Crippen LogP contribution in [0.3, 0.4) is 0 Å². The van der Waals surface area contributed by atoms with E-state index in [1.54, 1.807) is 12.1 Å². The number of nitrogens with one attached hydrogen (secondary N) is 1. The molecule has 1 N–H and O–H groups in total. The van der Waals surface area contributed by atoms with Gasteiger partial charge in [0, 0.05) is 11.1 Å². The van der Waals surface area contributed by atoms with Crippen LogP contribution in [0.5, 0.6) is 5.75 Å². The molecule has 0 aliphatic heterocycles. The molecule has 0 aliphatic carbocycles. The highest BCUT2D eigenvalue weighted by molar-refractivity contribution is 8.00. The lowest BCUT2D eigenvalue weighted by Gasteiger charge is -2.09. The lowest BCUT2D eigenvalue weighted by molar-refractivity contribution is 0.0994. The number of ether oxygens (including phenoxy) is 1. The Balaban J connectivity index is 1.66. The Morgan fingerprint density at radius 1 is 1.15 bits per heavy atom. The molecule has 5 nitrogen and oxygen atoms in total. The number of hydrogen-bond donors (Lipinski definition) is 1. The minimum atomic E-state index is -0.283. The molecule has 3 rings (SSSR count). The maximum atomic E-state index is 12.6. The predicted molar refractivity (Wildman–Crippen MR) is 104 cm³/mol. The van der Waals surface area contributed by atoms with Gasteiger partial charge in [-0.05, 0) is 45.0 Å². The number of aryl methyl sites for hydroxylation is 1. The highest BCUT2D eigenvalue weighted by Gasteiger charge is 2.19. The monoisotopic (exact) mass is 367 g/mol. The summed E-state index contributed by atoms with van der Waals surface area (Å²) in [6, 6.07) is 15.3. The van der Waals surface area contributed by atoms with Gasteiger partial charge in [-0.3, -0.25) is 9.89 Å². The molecule has 0 unspecified atom stereocenters. The van der Waals surface area contributed by atoms with Crippen LogP contribution in [0.2, 0.25) is 0 Å². The summed E-state index contributed by atoms with van der Waals surface area (Å²) in [5, 5.41) is 7.44. The van der Waals surface area contributed by atoms with Gasteiger partial charge in [-0.25, -0.2) is 4.98 Å². The predicted octanol–water partition coefficient (Wildman–Crippen LogP) is 4.54. The zero-order valence-corrected chi connectivity index (χ0v) is 15.8. The molecule has 0 saturated heterocycles. The summed E-state index contributed by atoms with van der Waals surface area (Å²) in [5.74, 6) is 1.51. The molecule has 0 aliphatic rings.